The van der Waals surface area contributed by atoms with E-state index in [4.69, 9.17) is 20.8 Å². The molecule has 3 aromatic carbocycles. The van der Waals surface area contributed by atoms with Crippen molar-refractivity contribution in [3.8, 4) is 5.75 Å². The molecule has 1 unspecified atom stereocenters. The minimum absolute atomic E-state index is 0.0412. The van der Waals surface area contributed by atoms with E-state index in [-0.39, 0.29) is 11.3 Å². The molecule has 0 bridgehead atoms. The second kappa shape index (κ2) is 8.72. The van der Waals surface area contributed by atoms with E-state index in [9.17, 15) is 14.7 Å². The number of ether oxygens (including phenoxy) is 1. The number of carbonyl (C=O) groups excluding carboxylic acids is 2. The first kappa shape index (κ1) is 21.8. The van der Waals surface area contributed by atoms with Crippen molar-refractivity contribution in [3.63, 3.8) is 0 Å². The number of furan rings is 1. The summed E-state index contributed by atoms with van der Waals surface area (Å²) in [6.45, 7) is 2.33. The highest BCUT2D eigenvalue weighted by Crippen LogP contribution is 2.43. The predicted octanol–water partition coefficient (Wildman–Crippen LogP) is 6.27. The summed E-state index contributed by atoms with van der Waals surface area (Å²) >= 11 is 6.04. The van der Waals surface area contributed by atoms with Gasteiger partial charge in [-0.3, -0.25) is 14.5 Å². The molecule has 0 radical (unpaired) electrons. The van der Waals surface area contributed by atoms with Crippen molar-refractivity contribution in [2.45, 2.75) is 13.0 Å². The summed E-state index contributed by atoms with van der Waals surface area (Å²) in [4.78, 5) is 28.3. The largest absolute Gasteiger partial charge is 0.503 e. The van der Waals surface area contributed by atoms with Crippen LogP contribution in [0.2, 0.25) is 5.02 Å². The van der Waals surface area contributed by atoms with Gasteiger partial charge in [-0.2, -0.15) is 0 Å². The highest BCUT2D eigenvalue weighted by atomic mass is 35.5. The van der Waals surface area contributed by atoms with Gasteiger partial charge in [-0.15, -0.1) is 0 Å². The number of fused-ring (bicyclic) bond motifs is 1. The van der Waals surface area contributed by atoms with Crippen LogP contribution in [0.1, 0.15) is 29.1 Å². The Balaban J connectivity index is 1.66. The van der Waals surface area contributed by atoms with Gasteiger partial charge in [0.15, 0.2) is 11.5 Å². The van der Waals surface area contributed by atoms with Crippen LogP contribution in [0.5, 0.6) is 5.75 Å². The summed E-state index contributed by atoms with van der Waals surface area (Å²) in [6, 6.07) is 21.7. The van der Waals surface area contributed by atoms with E-state index < -0.39 is 23.5 Å². The predicted molar refractivity (Wildman–Crippen MR) is 129 cm³/mol. The zero-order valence-corrected chi connectivity index (χ0v) is 19.0. The Bertz CT molecular complexity index is 1400. The SMILES string of the molecule is CCOc1cccc(C2C(C(=O)c3cc4ccccc4o3)=C(O)C(=O)N2c2ccc(Cl)cc2)c1. The number of carbonyl (C=O) groups is 2. The number of benzene rings is 3. The zero-order valence-electron chi connectivity index (χ0n) is 18.2. The molecule has 170 valence electrons. The molecule has 0 fully saturated rings. The Morgan fingerprint density at radius 3 is 2.56 bits per heavy atom. The maximum atomic E-state index is 13.7. The number of amides is 1. The molecule has 0 aliphatic carbocycles. The van der Waals surface area contributed by atoms with Gasteiger partial charge in [0.1, 0.15) is 11.3 Å². The molecule has 0 saturated carbocycles. The van der Waals surface area contributed by atoms with E-state index in [1.165, 1.54) is 4.90 Å². The summed E-state index contributed by atoms with van der Waals surface area (Å²) in [6.07, 6.45) is 0. The van der Waals surface area contributed by atoms with Gasteiger partial charge in [0.05, 0.1) is 18.2 Å². The Morgan fingerprint density at radius 1 is 1.06 bits per heavy atom. The average molecular weight is 474 g/mol. The minimum atomic E-state index is -0.894. The van der Waals surface area contributed by atoms with Gasteiger partial charge in [0.2, 0.25) is 5.78 Å². The summed E-state index contributed by atoms with van der Waals surface area (Å²) < 4.78 is 11.4. The quantitative estimate of drug-likeness (QED) is 0.334. The van der Waals surface area contributed by atoms with E-state index in [2.05, 4.69) is 0 Å². The van der Waals surface area contributed by atoms with Crippen LogP contribution in [0.25, 0.3) is 11.0 Å². The molecule has 1 aliphatic rings. The third-order valence-corrected chi connectivity index (χ3v) is 5.94. The third-order valence-electron chi connectivity index (χ3n) is 5.69. The van der Waals surface area contributed by atoms with Crippen LogP contribution in [-0.2, 0) is 4.79 Å². The van der Waals surface area contributed by atoms with Crippen molar-refractivity contribution in [1.82, 2.24) is 0 Å². The van der Waals surface area contributed by atoms with E-state index >= 15 is 0 Å². The smallest absolute Gasteiger partial charge is 0.294 e. The molecule has 0 spiro atoms. The Labute approximate surface area is 200 Å². The number of anilines is 1. The van der Waals surface area contributed by atoms with Gasteiger partial charge in [-0.1, -0.05) is 41.9 Å². The number of para-hydroxylation sites is 1. The maximum absolute atomic E-state index is 13.7. The number of aliphatic hydroxyl groups excluding tert-OH is 1. The first-order chi connectivity index (χ1) is 16.5. The van der Waals surface area contributed by atoms with Crippen molar-refractivity contribution in [1.29, 1.82) is 0 Å². The fraction of sp³-hybridized carbons (Fsp3) is 0.111. The van der Waals surface area contributed by atoms with Gasteiger partial charge < -0.3 is 14.3 Å². The van der Waals surface area contributed by atoms with Gasteiger partial charge in [0.25, 0.3) is 5.91 Å². The molecule has 34 heavy (non-hydrogen) atoms. The lowest BCUT2D eigenvalue weighted by Crippen LogP contribution is -2.31. The van der Waals surface area contributed by atoms with Crippen molar-refractivity contribution < 1.29 is 23.8 Å². The molecule has 1 aliphatic heterocycles. The van der Waals surface area contributed by atoms with Gasteiger partial charge in [-0.25, -0.2) is 0 Å². The van der Waals surface area contributed by atoms with Crippen LogP contribution in [0.3, 0.4) is 0 Å². The van der Waals surface area contributed by atoms with Crippen LogP contribution in [0.15, 0.2) is 94.6 Å². The number of hydrogen-bond donors (Lipinski definition) is 1. The van der Waals surface area contributed by atoms with Crippen LogP contribution in [0.4, 0.5) is 5.69 Å². The standard InChI is InChI=1S/C27H20ClNO5/c1-2-33-20-8-5-7-17(14-20)24-23(25(30)22-15-16-6-3-4-9-21(16)34-22)26(31)27(32)29(24)19-12-10-18(28)11-13-19/h3-15,24,31H,2H2,1H3. The number of rotatable bonds is 6. The summed E-state index contributed by atoms with van der Waals surface area (Å²) in [7, 11) is 0. The van der Waals surface area contributed by atoms with Crippen molar-refractivity contribution in [3.05, 3.63) is 107 Å². The maximum Gasteiger partial charge on any atom is 0.294 e. The fourth-order valence-electron chi connectivity index (χ4n) is 4.19. The average Bonchev–Trinajstić information content (AvgIpc) is 3.39. The molecule has 5 rings (SSSR count). The second-order valence-electron chi connectivity index (χ2n) is 7.80. The number of Topliss-reactive ketones (excluding diaryl/α,β-unsaturated/α-hetero) is 1. The summed E-state index contributed by atoms with van der Waals surface area (Å²) in [5.74, 6) is -1.24. The highest BCUT2D eigenvalue weighted by molar-refractivity contribution is 6.30. The lowest BCUT2D eigenvalue weighted by Gasteiger charge is -2.27. The molecular formula is C27H20ClNO5. The fourth-order valence-corrected chi connectivity index (χ4v) is 4.31. The molecule has 1 N–H and O–H groups in total. The Kier molecular flexibility index (Phi) is 5.59. The van der Waals surface area contributed by atoms with E-state index in [1.807, 2.05) is 19.1 Å². The molecule has 6 nitrogen and oxygen atoms in total. The van der Waals surface area contributed by atoms with Crippen LogP contribution < -0.4 is 9.64 Å². The third kappa shape index (κ3) is 3.72. The van der Waals surface area contributed by atoms with Crippen LogP contribution in [0, 0.1) is 0 Å². The molecule has 1 atom stereocenters. The molecule has 0 saturated heterocycles. The number of halogens is 1. The number of hydrogen-bond acceptors (Lipinski definition) is 5. The lowest BCUT2D eigenvalue weighted by atomic mass is 9.94. The Hall–Kier alpha value is -4.03. The van der Waals surface area contributed by atoms with Gasteiger partial charge in [0, 0.05) is 16.1 Å². The second-order valence-corrected chi connectivity index (χ2v) is 8.24. The number of ketones is 1. The van der Waals surface area contributed by atoms with Crippen LogP contribution in [-0.4, -0.2) is 23.4 Å². The zero-order chi connectivity index (χ0) is 23.8. The summed E-state index contributed by atoms with van der Waals surface area (Å²) in [5.41, 5.74) is 1.57. The van der Waals surface area contributed by atoms with E-state index in [1.54, 1.807) is 66.7 Å². The Morgan fingerprint density at radius 2 is 1.82 bits per heavy atom. The first-order valence-corrected chi connectivity index (χ1v) is 11.1. The molecule has 1 aromatic heterocycles. The molecule has 7 heteroatoms. The monoisotopic (exact) mass is 473 g/mol. The van der Waals surface area contributed by atoms with E-state index in [0.717, 1.165) is 5.39 Å². The van der Waals surface area contributed by atoms with Gasteiger partial charge in [-0.05, 0) is 61.0 Å². The van der Waals surface area contributed by atoms with Gasteiger partial charge >= 0.3 is 0 Å². The molecule has 4 aromatic rings. The van der Waals surface area contributed by atoms with Crippen molar-refractivity contribution >= 4 is 39.9 Å². The normalized spacial score (nSPS) is 15.9. The topological polar surface area (TPSA) is 80.0 Å². The van der Waals surface area contributed by atoms with Crippen molar-refractivity contribution in [2.24, 2.45) is 0 Å². The minimum Gasteiger partial charge on any atom is -0.503 e. The molecule has 2 heterocycles. The van der Waals surface area contributed by atoms with E-state index in [0.29, 0.717) is 34.2 Å². The molecular weight excluding hydrogens is 454 g/mol. The molecule has 1 amide bonds. The van der Waals surface area contributed by atoms with Crippen molar-refractivity contribution in [2.75, 3.05) is 11.5 Å². The highest BCUT2D eigenvalue weighted by Gasteiger charge is 2.45. The van der Waals surface area contributed by atoms with Crippen LogP contribution >= 0.6 is 11.6 Å². The number of aliphatic hydroxyl groups is 1. The summed E-state index contributed by atoms with van der Waals surface area (Å²) in [5, 5.41) is 12.2. The number of nitrogens with zero attached hydrogens (tertiary/aromatic N) is 1. The first-order valence-electron chi connectivity index (χ1n) is 10.8. The lowest BCUT2D eigenvalue weighted by molar-refractivity contribution is -0.117.